The molecule has 0 aromatic heterocycles. The van der Waals surface area contributed by atoms with Gasteiger partial charge in [-0.15, -0.1) is 0 Å². The molecule has 0 saturated carbocycles. The normalized spacial score (nSPS) is 19.1. The van der Waals surface area contributed by atoms with E-state index in [4.69, 9.17) is 4.74 Å². The molecule has 0 aliphatic carbocycles. The Morgan fingerprint density at radius 1 is 1.52 bits per heavy atom. The second-order valence-corrected chi connectivity index (χ2v) is 7.56. The lowest BCUT2D eigenvalue weighted by atomic mass is 9.98. The Kier molecular flexibility index (Phi) is 5.79. The molecule has 1 fully saturated rings. The Morgan fingerprint density at radius 3 is 3.00 bits per heavy atom. The highest BCUT2D eigenvalue weighted by molar-refractivity contribution is 7.88. The number of sulfonamides is 1. The van der Waals surface area contributed by atoms with E-state index in [2.05, 4.69) is 11.9 Å². The summed E-state index contributed by atoms with van der Waals surface area (Å²) < 4.78 is 30.0. The first-order chi connectivity index (χ1) is 10.9. The number of amides is 1. The van der Waals surface area contributed by atoms with E-state index in [9.17, 15) is 13.2 Å². The van der Waals surface area contributed by atoms with Crippen molar-refractivity contribution in [1.82, 2.24) is 4.31 Å². The van der Waals surface area contributed by atoms with Gasteiger partial charge in [0.25, 0.3) is 0 Å². The molecule has 1 N–H and O–H groups in total. The van der Waals surface area contributed by atoms with Crippen molar-refractivity contribution in [3.05, 3.63) is 36.9 Å². The molecule has 7 heteroatoms. The van der Waals surface area contributed by atoms with Gasteiger partial charge in [-0.2, -0.15) is 0 Å². The Balaban J connectivity index is 2.00. The number of nitrogens with one attached hydrogen (secondary N) is 1. The monoisotopic (exact) mass is 338 g/mol. The zero-order chi connectivity index (χ0) is 16.9. The highest BCUT2D eigenvalue weighted by Gasteiger charge is 2.30. The van der Waals surface area contributed by atoms with Crippen molar-refractivity contribution in [2.45, 2.75) is 12.8 Å². The molecular formula is C16H22N2O4S. The molecular weight excluding hydrogens is 316 g/mol. The van der Waals surface area contributed by atoms with Gasteiger partial charge in [0.05, 0.1) is 12.2 Å². The fraction of sp³-hybridized carbons (Fsp3) is 0.438. The Bertz CT molecular complexity index is 672. The van der Waals surface area contributed by atoms with E-state index in [1.54, 1.807) is 30.3 Å². The van der Waals surface area contributed by atoms with Crippen LogP contribution >= 0.6 is 0 Å². The summed E-state index contributed by atoms with van der Waals surface area (Å²) in [7, 11) is -3.26. The third-order valence-electron chi connectivity index (χ3n) is 3.69. The van der Waals surface area contributed by atoms with Crippen molar-refractivity contribution >= 4 is 21.6 Å². The van der Waals surface area contributed by atoms with Gasteiger partial charge >= 0.3 is 0 Å². The molecule has 2 rings (SSSR count). The SMILES string of the molecule is C=CCOc1cccc(NC(=O)C2CCCN(S(C)(=O)=O)C2)c1. The van der Waals surface area contributed by atoms with Crippen LogP contribution in [-0.2, 0) is 14.8 Å². The summed E-state index contributed by atoms with van der Waals surface area (Å²) in [5.41, 5.74) is 0.632. The molecule has 0 radical (unpaired) electrons. The first-order valence-corrected chi connectivity index (χ1v) is 9.34. The molecule has 1 aromatic carbocycles. The van der Waals surface area contributed by atoms with Crippen molar-refractivity contribution in [1.29, 1.82) is 0 Å². The fourth-order valence-corrected chi connectivity index (χ4v) is 3.43. The van der Waals surface area contributed by atoms with E-state index in [-0.39, 0.29) is 18.4 Å². The number of anilines is 1. The van der Waals surface area contributed by atoms with E-state index in [1.807, 2.05) is 0 Å². The smallest absolute Gasteiger partial charge is 0.228 e. The molecule has 1 aliphatic heterocycles. The molecule has 1 atom stereocenters. The molecule has 23 heavy (non-hydrogen) atoms. The zero-order valence-corrected chi connectivity index (χ0v) is 14.0. The number of nitrogens with zero attached hydrogens (tertiary/aromatic N) is 1. The Labute approximate surface area is 137 Å². The maximum Gasteiger partial charge on any atom is 0.228 e. The average Bonchev–Trinajstić information content (AvgIpc) is 2.52. The summed E-state index contributed by atoms with van der Waals surface area (Å²) in [5.74, 6) is 0.138. The van der Waals surface area contributed by atoms with Gasteiger partial charge in [-0.1, -0.05) is 18.7 Å². The van der Waals surface area contributed by atoms with E-state index >= 15 is 0 Å². The second-order valence-electron chi connectivity index (χ2n) is 5.58. The molecule has 1 heterocycles. The summed E-state index contributed by atoms with van der Waals surface area (Å²) in [6, 6.07) is 7.09. The molecule has 1 saturated heterocycles. The largest absolute Gasteiger partial charge is 0.489 e. The lowest BCUT2D eigenvalue weighted by molar-refractivity contribution is -0.120. The maximum atomic E-state index is 12.4. The van der Waals surface area contributed by atoms with Crippen LogP contribution in [0.15, 0.2) is 36.9 Å². The van der Waals surface area contributed by atoms with Crippen LogP contribution in [0.1, 0.15) is 12.8 Å². The van der Waals surface area contributed by atoms with Gasteiger partial charge in [-0.25, -0.2) is 12.7 Å². The summed E-state index contributed by atoms with van der Waals surface area (Å²) in [4.78, 5) is 12.4. The van der Waals surface area contributed by atoms with Crippen molar-refractivity contribution in [3.63, 3.8) is 0 Å². The predicted molar refractivity (Wildman–Crippen MR) is 89.9 cm³/mol. The summed E-state index contributed by atoms with van der Waals surface area (Å²) in [6.45, 7) is 4.69. The fourth-order valence-electron chi connectivity index (χ4n) is 2.52. The second kappa shape index (κ2) is 7.61. The third-order valence-corrected chi connectivity index (χ3v) is 4.96. The van der Waals surface area contributed by atoms with Crippen LogP contribution in [0.25, 0.3) is 0 Å². The molecule has 0 bridgehead atoms. The zero-order valence-electron chi connectivity index (χ0n) is 13.2. The lowest BCUT2D eigenvalue weighted by Crippen LogP contribution is -2.43. The molecule has 0 spiro atoms. The summed E-state index contributed by atoms with van der Waals surface area (Å²) in [5, 5.41) is 2.83. The van der Waals surface area contributed by atoms with Crippen LogP contribution in [0.2, 0.25) is 0 Å². The number of hydrogen-bond acceptors (Lipinski definition) is 4. The molecule has 1 amide bonds. The highest BCUT2D eigenvalue weighted by Crippen LogP contribution is 2.22. The van der Waals surface area contributed by atoms with Gasteiger partial charge in [-0.3, -0.25) is 4.79 Å². The number of hydrogen-bond donors (Lipinski definition) is 1. The van der Waals surface area contributed by atoms with Crippen molar-refractivity contribution in [2.24, 2.45) is 5.92 Å². The number of carbonyl (C=O) groups excluding carboxylic acids is 1. The van der Waals surface area contributed by atoms with Crippen LogP contribution in [-0.4, -0.2) is 44.6 Å². The van der Waals surface area contributed by atoms with E-state index in [1.165, 1.54) is 10.6 Å². The van der Waals surface area contributed by atoms with Crippen molar-refractivity contribution in [2.75, 3.05) is 31.3 Å². The van der Waals surface area contributed by atoms with E-state index in [0.29, 0.717) is 37.4 Å². The first kappa shape index (κ1) is 17.5. The maximum absolute atomic E-state index is 12.4. The predicted octanol–water partition coefficient (Wildman–Crippen LogP) is 1.86. The quantitative estimate of drug-likeness (QED) is 0.803. The van der Waals surface area contributed by atoms with Crippen LogP contribution in [0, 0.1) is 5.92 Å². The van der Waals surface area contributed by atoms with Gasteiger partial charge in [0.2, 0.25) is 15.9 Å². The molecule has 126 valence electrons. The van der Waals surface area contributed by atoms with Gasteiger partial charge in [0, 0.05) is 24.8 Å². The third kappa shape index (κ3) is 5.07. The number of benzene rings is 1. The highest BCUT2D eigenvalue weighted by atomic mass is 32.2. The standard InChI is InChI=1S/C16H22N2O4S/c1-3-10-22-15-8-4-7-14(11-15)17-16(19)13-6-5-9-18(12-13)23(2,20)21/h3-4,7-8,11,13H,1,5-6,9-10,12H2,2H3,(H,17,19). The lowest BCUT2D eigenvalue weighted by Gasteiger charge is -2.30. The number of carbonyl (C=O) groups is 1. The van der Waals surface area contributed by atoms with Crippen molar-refractivity contribution in [3.8, 4) is 5.75 Å². The van der Waals surface area contributed by atoms with Gasteiger partial charge < -0.3 is 10.1 Å². The topological polar surface area (TPSA) is 75.7 Å². The Hall–Kier alpha value is -1.86. The minimum atomic E-state index is -3.26. The van der Waals surface area contributed by atoms with Crippen molar-refractivity contribution < 1.29 is 17.9 Å². The minimum Gasteiger partial charge on any atom is -0.489 e. The molecule has 1 unspecified atom stereocenters. The van der Waals surface area contributed by atoms with Crippen LogP contribution < -0.4 is 10.1 Å². The number of piperidine rings is 1. The van der Waals surface area contributed by atoms with Gasteiger partial charge in [0.15, 0.2) is 0 Å². The van der Waals surface area contributed by atoms with Gasteiger partial charge in [0.1, 0.15) is 12.4 Å². The molecule has 6 nitrogen and oxygen atoms in total. The van der Waals surface area contributed by atoms with Crippen LogP contribution in [0.3, 0.4) is 0 Å². The first-order valence-electron chi connectivity index (χ1n) is 7.50. The van der Waals surface area contributed by atoms with E-state index < -0.39 is 10.0 Å². The minimum absolute atomic E-state index is 0.167. The van der Waals surface area contributed by atoms with Crippen LogP contribution in [0.5, 0.6) is 5.75 Å². The summed E-state index contributed by atoms with van der Waals surface area (Å²) >= 11 is 0. The molecule has 1 aromatic rings. The number of ether oxygens (including phenoxy) is 1. The van der Waals surface area contributed by atoms with Crippen LogP contribution in [0.4, 0.5) is 5.69 Å². The number of rotatable bonds is 6. The molecule has 1 aliphatic rings. The summed E-state index contributed by atoms with van der Waals surface area (Å²) in [6.07, 6.45) is 4.19. The van der Waals surface area contributed by atoms with Gasteiger partial charge in [-0.05, 0) is 25.0 Å². The van der Waals surface area contributed by atoms with E-state index in [0.717, 1.165) is 0 Å². The average molecular weight is 338 g/mol. The Morgan fingerprint density at radius 2 is 2.30 bits per heavy atom.